The summed E-state index contributed by atoms with van der Waals surface area (Å²) in [5.74, 6) is 1.62. The molecule has 0 bridgehead atoms. The third-order valence-electron chi connectivity index (χ3n) is 3.82. The fourth-order valence-corrected chi connectivity index (χ4v) is 3.39. The fourth-order valence-electron chi connectivity index (χ4n) is 2.50. The molecule has 0 unspecified atom stereocenters. The van der Waals surface area contributed by atoms with Gasteiger partial charge in [0.2, 0.25) is 5.91 Å². The predicted molar refractivity (Wildman–Crippen MR) is 109 cm³/mol. The molecular weight excluding hydrogens is 400 g/mol. The van der Waals surface area contributed by atoms with Crippen molar-refractivity contribution < 1.29 is 13.9 Å². The standard InChI is InChI=1S/C19H21ClN4O3S/c1-2-26-11-9-21-17(25)13-28-19-23-22-18(14-5-7-15(20)8-6-14)24(19)12-16-4-3-10-27-16/h3-8,10H,2,9,11-13H2,1H3,(H,21,25). The van der Waals surface area contributed by atoms with Crippen LogP contribution in [0.25, 0.3) is 11.4 Å². The zero-order valence-electron chi connectivity index (χ0n) is 15.4. The summed E-state index contributed by atoms with van der Waals surface area (Å²) in [5.41, 5.74) is 0.886. The lowest BCUT2D eigenvalue weighted by Gasteiger charge is -2.09. The number of benzene rings is 1. The smallest absolute Gasteiger partial charge is 0.230 e. The highest BCUT2D eigenvalue weighted by Gasteiger charge is 2.17. The van der Waals surface area contributed by atoms with Gasteiger partial charge in [0.05, 0.1) is 25.2 Å². The summed E-state index contributed by atoms with van der Waals surface area (Å²) in [6.07, 6.45) is 1.63. The molecule has 28 heavy (non-hydrogen) atoms. The highest BCUT2D eigenvalue weighted by atomic mass is 35.5. The number of halogens is 1. The molecule has 1 aromatic carbocycles. The molecule has 0 spiro atoms. The number of rotatable bonds is 10. The number of hydrogen-bond donors (Lipinski definition) is 1. The summed E-state index contributed by atoms with van der Waals surface area (Å²) in [4.78, 5) is 12.0. The number of hydrogen-bond acceptors (Lipinski definition) is 6. The van der Waals surface area contributed by atoms with Gasteiger partial charge in [-0.05, 0) is 43.3 Å². The second kappa shape index (κ2) is 10.3. The summed E-state index contributed by atoms with van der Waals surface area (Å²) in [5, 5.41) is 12.7. The molecule has 1 amide bonds. The molecule has 2 aromatic heterocycles. The van der Waals surface area contributed by atoms with E-state index in [0.29, 0.717) is 42.3 Å². The van der Waals surface area contributed by atoms with Crippen LogP contribution in [-0.2, 0) is 16.1 Å². The molecule has 0 atom stereocenters. The predicted octanol–water partition coefficient (Wildman–Crippen LogP) is 3.48. The lowest BCUT2D eigenvalue weighted by Crippen LogP contribution is -2.28. The molecule has 0 aliphatic carbocycles. The Balaban J connectivity index is 1.73. The van der Waals surface area contributed by atoms with Gasteiger partial charge in [-0.1, -0.05) is 23.4 Å². The second-order valence-electron chi connectivity index (χ2n) is 5.81. The SMILES string of the molecule is CCOCCNC(=O)CSc1nnc(-c2ccc(Cl)cc2)n1Cc1ccco1. The van der Waals surface area contributed by atoms with E-state index in [9.17, 15) is 4.79 Å². The van der Waals surface area contributed by atoms with Crippen molar-refractivity contribution in [2.75, 3.05) is 25.5 Å². The van der Waals surface area contributed by atoms with Gasteiger partial charge in [-0.25, -0.2) is 0 Å². The lowest BCUT2D eigenvalue weighted by molar-refractivity contribution is -0.118. The van der Waals surface area contributed by atoms with Crippen LogP contribution in [0, 0.1) is 0 Å². The van der Waals surface area contributed by atoms with Crippen molar-refractivity contribution in [3.8, 4) is 11.4 Å². The number of carbonyl (C=O) groups excluding carboxylic acids is 1. The van der Waals surface area contributed by atoms with Crippen LogP contribution < -0.4 is 5.32 Å². The van der Waals surface area contributed by atoms with E-state index < -0.39 is 0 Å². The largest absolute Gasteiger partial charge is 0.467 e. The Labute approximate surface area is 172 Å². The van der Waals surface area contributed by atoms with Crippen molar-refractivity contribution in [1.29, 1.82) is 0 Å². The first-order valence-corrected chi connectivity index (χ1v) is 10.2. The van der Waals surface area contributed by atoms with Gasteiger partial charge >= 0.3 is 0 Å². The molecule has 148 valence electrons. The first-order valence-electron chi connectivity index (χ1n) is 8.86. The Morgan fingerprint density at radius 2 is 2.11 bits per heavy atom. The first-order chi connectivity index (χ1) is 13.7. The normalized spacial score (nSPS) is 10.9. The second-order valence-corrected chi connectivity index (χ2v) is 7.19. The van der Waals surface area contributed by atoms with Crippen molar-refractivity contribution in [1.82, 2.24) is 20.1 Å². The van der Waals surface area contributed by atoms with Crippen LogP contribution in [-0.4, -0.2) is 46.2 Å². The molecule has 0 aliphatic rings. The lowest BCUT2D eigenvalue weighted by atomic mass is 10.2. The van der Waals surface area contributed by atoms with Gasteiger partial charge in [-0.15, -0.1) is 10.2 Å². The van der Waals surface area contributed by atoms with E-state index in [-0.39, 0.29) is 11.7 Å². The van der Waals surface area contributed by atoms with E-state index in [1.165, 1.54) is 11.8 Å². The topological polar surface area (TPSA) is 82.2 Å². The van der Waals surface area contributed by atoms with Crippen molar-refractivity contribution >= 4 is 29.3 Å². The minimum atomic E-state index is -0.0784. The van der Waals surface area contributed by atoms with Crippen LogP contribution >= 0.6 is 23.4 Å². The van der Waals surface area contributed by atoms with Gasteiger partial charge in [0.15, 0.2) is 11.0 Å². The molecule has 1 N–H and O–H groups in total. The number of amides is 1. The molecule has 0 radical (unpaired) electrons. The zero-order valence-corrected chi connectivity index (χ0v) is 17.0. The summed E-state index contributed by atoms with van der Waals surface area (Å²) in [7, 11) is 0. The maximum Gasteiger partial charge on any atom is 0.230 e. The van der Waals surface area contributed by atoms with Gasteiger partial charge in [0.1, 0.15) is 5.76 Å². The maximum atomic E-state index is 12.0. The van der Waals surface area contributed by atoms with E-state index >= 15 is 0 Å². The van der Waals surface area contributed by atoms with E-state index in [0.717, 1.165) is 11.3 Å². The van der Waals surface area contributed by atoms with Crippen molar-refractivity contribution in [3.63, 3.8) is 0 Å². The van der Waals surface area contributed by atoms with Gasteiger partial charge in [0, 0.05) is 23.7 Å². The van der Waals surface area contributed by atoms with E-state index in [1.54, 1.807) is 18.4 Å². The molecule has 0 saturated heterocycles. The van der Waals surface area contributed by atoms with E-state index in [2.05, 4.69) is 15.5 Å². The number of ether oxygens (including phenoxy) is 1. The Kier molecular flexibility index (Phi) is 7.53. The minimum Gasteiger partial charge on any atom is -0.467 e. The monoisotopic (exact) mass is 420 g/mol. The molecule has 0 fully saturated rings. The molecule has 3 aromatic rings. The molecule has 9 heteroatoms. The van der Waals surface area contributed by atoms with Crippen LogP contribution in [0.4, 0.5) is 0 Å². The number of nitrogens with zero attached hydrogens (tertiary/aromatic N) is 3. The van der Waals surface area contributed by atoms with Gasteiger partial charge < -0.3 is 14.5 Å². The Morgan fingerprint density at radius 1 is 1.29 bits per heavy atom. The fraction of sp³-hybridized carbons (Fsp3) is 0.316. The van der Waals surface area contributed by atoms with Gasteiger partial charge in [-0.3, -0.25) is 9.36 Å². The van der Waals surface area contributed by atoms with Crippen LogP contribution in [0.15, 0.2) is 52.2 Å². The van der Waals surface area contributed by atoms with Crippen LogP contribution in [0.1, 0.15) is 12.7 Å². The third-order valence-corrected chi connectivity index (χ3v) is 5.04. The molecule has 2 heterocycles. The summed E-state index contributed by atoms with van der Waals surface area (Å²) < 4.78 is 12.6. The summed E-state index contributed by atoms with van der Waals surface area (Å²) in [6.45, 7) is 4.01. The van der Waals surface area contributed by atoms with Crippen LogP contribution in [0.5, 0.6) is 0 Å². The molecular formula is C19H21ClN4O3S. The van der Waals surface area contributed by atoms with Gasteiger partial charge in [0.25, 0.3) is 0 Å². The quantitative estimate of drug-likeness (QED) is 0.399. The van der Waals surface area contributed by atoms with Crippen LogP contribution in [0.2, 0.25) is 5.02 Å². The minimum absolute atomic E-state index is 0.0784. The maximum absolute atomic E-state index is 12.0. The Hall–Kier alpha value is -2.29. The molecule has 3 rings (SSSR count). The van der Waals surface area contributed by atoms with Gasteiger partial charge in [-0.2, -0.15) is 0 Å². The highest BCUT2D eigenvalue weighted by Crippen LogP contribution is 2.26. The molecule has 7 nitrogen and oxygen atoms in total. The average molecular weight is 421 g/mol. The van der Waals surface area contributed by atoms with Crippen molar-refractivity contribution in [2.24, 2.45) is 0 Å². The highest BCUT2D eigenvalue weighted by molar-refractivity contribution is 7.99. The Morgan fingerprint density at radius 3 is 2.82 bits per heavy atom. The van der Waals surface area contributed by atoms with Crippen molar-refractivity contribution in [3.05, 3.63) is 53.4 Å². The van der Waals surface area contributed by atoms with E-state index in [4.69, 9.17) is 20.8 Å². The zero-order chi connectivity index (χ0) is 19.8. The first kappa shape index (κ1) is 20.4. The molecule has 0 saturated carbocycles. The third kappa shape index (κ3) is 5.60. The average Bonchev–Trinajstić information content (AvgIpc) is 3.35. The summed E-state index contributed by atoms with van der Waals surface area (Å²) in [6, 6.07) is 11.1. The summed E-state index contributed by atoms with van der Waals surface area (Å²) >= 11 is 7.32. The Bertz CT molecular complexity index is 881. The number of nitrogens with one attached hydrogen (secondary N) is 1. The number of carbonyl (C=O) groups is 1. The van der Waals surface area contributed by atoms with Crippen molar-refractivity contribution in [2.45, 2.75) is 18.6 Å². The van der Waals surface area contributed by atoms with E-state index in [1.807, 2.05) is 35.8 Å². The van der Waals surface area contributed by atoms with Crippen LogP contribution in [0.3, 0.4) is 0 Å². The number of furan rings is 1. The molecule has 0 aliphatic heterocycles. The number of thioether (sulfide) groups is 1. The number of aromatic nitrogens is 3.